The Morgan fingerprint density at radius 1 is 0.538 bits per heavy atom. The zero-order valence-electron chi connectivity index (χ0n) is 33.1. The molecule has 0 saturated carbocycles. The summed E-state index contributed by atoms with van der Waals surface area (Å²) in [6.45, 7) is 4.41. The van der Waals surface area contributed by atoms with Crippen molar-refractivity contribution in [1.82, 2.24) is 5.32 Å². The Morgan fingerprint density at radius 3 is 1.44 bits per heavy atom. The Labute approximate surface area is 320 Å². The molecule has 0 heterocycles. The first kappa shape index (κ1) is 49.5. The van der Waals surface area contributed by atoms with Crippen LogP contribution in [0.1, 0.15) is 174 Å². The van der Waals surface area contributed by atoms with E-state index >= 15 is 0 Å². The monoisotopic (exact) mass is 744 g/mol. The highest BCUT2D eigenvalue weighted by molar-refractivity contribution is 7.85. The molecule has 0 aliphatic heterocycles. The van der Waals surface area contributed by atoms with E-state index in [0.29, 0.717) is 12.8 Å². The minimum Gasteiger partial charge on any atom is -0.387 e. The molecule has 0 spiro atoms. The summed E-state index contributed by atoms with van der Waals surface area (Å²) < 4.78 is 32.5. The first-order valence-electron chi connectivity index (χ1n) is 20.8. The molecule has 0 aromatic rings. The van der Waals surface area contributed by atoms with Gasteiger partial charge >= 0.3 is 0 Å². The minimum absolute atomic E-state index is 0.205. The van der Waals surface area contributed by atoms with Crippen LogP contribution in [-0.4, -0.2) is 41.9 Å². The fourth-order valence-corrected chi connectivity index (χ4v) is 6.47. The van der Waals surface area contributed by atoms with Crippen LogP contribution in [0.4, 0.5) is 0 Å². The van der Waals surface area contributed by atoms with Crippen molar-refractivity contribution in [1.29, 1.82) is 0 Å². The van der Waals surface area contributed by atoms with Gasteiger partial charge in [0, 0.05) is 6.42 Å². The maximum absolute atomic E-state index is 12.5. The second kappa shape index (κ2) is 38.3. The van der Waals surface area contributed by atoms with Gasteiger partial charge in [-0.15, -0.1) is 0 Å². The van der Waals surface area contributed by atoms with Crippen molar-refractivity contribution in [3.63, 3.8) is 0 Å². The van der Waals surface area contributed by atoms with Crippen molar-refractivity contribution >= 4 is 16.0 Å². The van der Waals surface area contributed by atoms with E-state index in [9.17, 15) is 22.9 Å². The van der Waals surface area contributed by atoms with Gasteiger partial charge in [-0.25, -0.2) is 0 Å². The van der Waals surface area contributed by atoms with Crippen LogP contribution in [0.5, 0.6) is 0 Å². The second-order valence-corrected chi connectivity index (χ2v) is 15.4. The molecule has 0 saturated heterocycles. The van der Waals surface area contributed by atoms with Crippen molar-refractivity contribution in [2.75, 3.05) is 5.75 Å². The van der Waals surface area contributed by atoms with E-state index < -0.39 is 28.0 Å². The minimum atomic E-state index is -4.38. The molecule has 6 nitrogen and oxygen atoms in total. The summed E-state index contributed by atoms with van der Waals surface area (Å²) in [5, 5.41) is 13.2. The van der Waals surface area contributed by atoms with Gasteiger partial charge in [-0.05, 0) is 70.6 Å². The van der Waals surface area contributed by atoms with E-state index in [1.807, 2.05) is 6.08 Å². The van der Waals surface area contributed by atoms with Crippen LogP contribution < -0.4 is 5.32 Å². The lowest BCUT2D eigenvalue weighted by Gasteiger charge is -2.21. The first-order chi connectivity index (χ1) is 25.3. The van der Waals surface area contributed by atoms with Crippen LogP contribution >= 0.6 is 0 Å². The number of allylic oxidation sites excluding steroid dienone is 13. The molecule has 0 fully saturated rings. The predicted octanol–water partition coefficient (Wildman–Crippen LogP) is 12.4. The highest BCUT2D eigenvalue weighted by Crippen LogP contribution is 2.14. The number of rotatable bonds is 36. The van der Waals surface area contributed by atoms with E-state index in [0.717, 1.165) is 51.4 Å². The maximum atomic E-state index is 12.5. The van der Waals surface area contributed by atoms with Crippen molar-refractivity contribution in [2.24, 2.45) is 0 Å². The Hall–Kier alpha value is -2.48. The standard InChI is InChI=1S/C45H77NO5S/c1-3-5-7-9-11-13-15-17-19-21-22-23-25-26-28-30-32-34-36-38-40-44(47)43(42-52(49,50)51)46-45(48)41-39-37-35-33-31-29-27-24-20-18-16-14-12-10-8-6-4-2/h6,8,12,14,18,20,27,29-30,32-33,35,38,40,43-44,47H,3-5,7,9-11,13,15-17,19,21-26,28,31,34,36-37,39,41-42H2,1-2H3,(H,46,48)(H,49,50,51)/b8-6-,14-12-,20-18-,29-27-,32-30+,35-33-,40-38+. The summed E-state index contributed by atoms with van der Waals surface area (Å²) in [7, 11) is -4.38. The Balaban J connectivity index is 4.08. The Kier molecular flexibility index (Phi) is 36.4. The molecule has 298 valence electrons. The van der Waals surface area contributed by atoms with E-state index in [2.05, 4.69) is 86.0 Å². The fraction of sp³-hybridized carbons (Fsp3) is 0.667. The number of aliphatic hydroxyl groups excluding tert-OH is 1. The van der Waals surface area contributed by atoms with Gasteiger partial charge < -0.3 is 10.4 Å². The van der Waals surface area contributed by atoms with Gasteiger partial charge in [0.05, 0.1) is 17.9 Å². The van der Waals surface area contributed by atoms with Gasteiger partial charge in [-0.3, -0.25) is 9.35 Å². The zero-order valence-corrected chi connectivity index (χ0v) is 34.0. The van der Waals surface area contributed by atoms with Crippen LogP contribution in [0.25, 0.3) is 0 Å². The SMILES string of the molecule is CC/C=C\C/C=C\C/C=C\C/C=C\C/C=C\CCCC(=O)NC(CS(=O)(=O)O)C(O)/C=C/CC/C=C/CCCCCCCCCCCCCCCC. The summed E-state index contributed by atoms with van der Waals surface area (Å²) >= 11 is 0. The summed E-state index contributed by atoms with van der Waals surface area (Å²) in [4.78, 5) is 12.5. The summed E-state index contributed by atoms with van der Waals surface area (Å²) in [6, 6.07) is -1.11. The molecule has 7 heteroatoms. The molecular formula is C45H77NO5S. The summed E-state index contributed by atoms with van der Waals surface area (Å²) in [5.74, 6) is -1.09. The largest absolute Gasteiger partial charge is 0.387 e. The molecule has 2 unspecified atom stereocenters. The maximum Gasteiger partial charge on any atom is 0.267 e. The first-order valence-corrected chi connectivity index (χ1v) is 22.4. The lowest BCUT2D eigenvalue weighted by Crippen LogP contribution is -2.46. The number of hydrogen-bond acceptors (Lipinski definition) is 4. The van der Waals surface area contributed by atoms with E-state index in [1.165, 1.54) is 96.0 Å². The average Bonchev–Trinajstić information content (AvgIpc) is 3.11. The van der Waals surface area contributed by atoms with Gasteiger partial charge in [-0.1, -0.05) is 182 Å². The van der Waals surface area contributed by atoms with Crippen LogP contribution in [0.15, 0.2) is 85.1 Å². The number of hydrogen-bond donors (Lipinski definition) is 3. The number of amides is 1. The lowest BCUT2D eigenvalue weighted by molar-refractivity contribution is -0.122. The third kappa shape index (κ3) is 38.7. The topological polar surface area (TPSA) is 104 Å². The quantitative estimate of drug-likeness (QED) is 0.0337. The zero-order chi connectivity index (χ0) is 38.2. The highest BCUT2D eigenvalue weighted by Gasteiger charge is 2.24. The van der Waals surface area contributed by atoms with Gasteiger partial charge in [-0.2, -0.15) is 8.42 Å². The summed E-state index contributed by atoms with van der Waals surface area (Å²) in [5.41, 5.74) is 0. The van der Waals surface area contributed by atoms with Gasteiger partial charge in [0.15, 0.2) is 0 Å². The number of nitrogens with one attached hydrogen (secondary N) is 1. The molecule has 0 aromatic carbocycles. The van der Waals surface area contributed by atoms with Crippen molar-refractivity contribution < 1.29 is 22.9 Å². The molecule has 52 heavy (non-hydrogen) atoms. The smallest absolute Gasteiger partial charge is 0.267 e. The fourth-order valence-electron chi connectivity index (χ4n) is 5.74. The van der Waals surface area contributed by atoms with Crippen molar-refractivity contribution in [3.05, 3.63) is 85.1 Å². The highest BCUT2D eigenvalue weighted by atomic mass is 32.2. The third-order valence-electron chi connectivity index (χ3n) is 8.81. The number of carbonyl (C=O) groups excluding carboxylic acids is 1. The second-order valence-electron chi connectivity index (χ2n) is 13.9. The number of carbonyl (C=O) groups is 1. The summed E-state index contributed by atoms with van der Waals surface area (Å²) in [6.07, 6.45) is 55.8. The van der Waals surface area contributed by atoms with Gasteiger partial charge in [0.25, 0.3) is 10.1 Å². The Morgan fingerprint density at radius 2 is 0.942 bits per heavy atom. The molecular weight excluding hydrogens is 667 g/mol. The number of aliphatic hydroxyl groups is 1. The molecule has 0 aliphatic carbocycles. The van der Waals surface area contributed by atoms with Gasteiger partial charge in [0.1, 0.15) is 0 Å². The molecule has 0 aliphatic rings. The van der Waals surface area contributed by atoms with E-state index in [4.69, 9.17) is 0 Å². The third-order valence-corrected chi connectivity index (χ3v) is 9.59. The van der Waals surface area contributed by atoms with E-state index in [1.54, 1.807) is 6.08 Å². The van der Waals surface area contributed by atoms with Crippen molar-refractivity contribution in [2.45, 2.75) is 187 Å². The Bertz CT molecular complexity index is 1130. The molecule has 3 N–H and O–H groups in total. The van der Waals surface area contributed by atoms with E-state index in [-0.39, 0.29) is 12.3 Å². The molecule has 0 aromatic heterocycles. The molecule has 1 amide bonds. The lowest BCUT2D eigenvalue weighted by atomic mass is 10.0. The van der Waals surface area contributed by atoms with Crippen molar-refractivity contribution in [3.8, 4) is 0 Å². The molecule has 0 bridgehead atoms. The molecule has 0 radical (unpaired) electrons. The van der Waals surface area contributed by atoms with Crippen LogP contribution in [0.2, 0.25) is 0 Å². The molecule has 0 rings (SSSR count). The average molecular weight is 744 g/mol. The predicted molar refractivity (Wildman–Crippen MR) is 225 cm³/mol. The normalized spacial score (nSPS) is 14.2. The number of unbranched alkanes of at least 4 members (excludes halogenated alkanes) is 16. The van der Waals surface area contributed by atoms with Crippen LogP contribution in [0, 0.1) is 0 Å². The molecule has 2 atom stereocenters. The van der Waals surface area contributed by atoms with Crippen LogP contribution in [0.3, 0.4) is 0 Å². The van der Waals surface area contributed by atoms with Gasteiger partial charge in [0.2, 0.25) is 5.91 Å². The van der Waals surface area contributed by atoms with Crippen LogP contribution in [-0.2, 0) is 14.9 Å².